The lowest BCUT2D eigenvalue weighted by Gasteiger charge is -2.02. The second-order valence-corrected chi connectivity index (χ2v) is 4.75. The van der Waals surface area contributed by atoms with Gasteiger partial charge in [-0.2, -0.15) is 0 Å². The number of nitrogens with one attached hydrogen (secondary N) is 1. The first-order valence-electron chi connectivity index (χ1n) is 4.92. The highest BCUT2D eigenvalue weighted by molar-refractivity contribution is 7.15. The Labute approximate surface area is 102 Å². The Kier molecular flexibility index (Phi) is 3.14. The zero-order valence-corrected chi connectivity index (χ0v) is 10.1. The third kappa shape index (κ3) is 2.65. The molecular weight excluding hydrogens is 241 g/mol. The van der Waals surface area contributed by atoms with Crippen LogP contribution in [0.25, 0.3) is 0 Å². The van der Waals surface area contributed by atoms with Gasteiger partial charge in [0.1, 0.15) is 16.5 Å². The predicted molar refractivity (Wildman–Crippen MR) is 63.7 cm³/mol. The van der Waals surface area contributed by atoms with Crippen molar-refractivity contribution in [2.45, 2.75) is 13.8 Å². The van der Waals surface area contributed by atoms with Crippen LogP contribution in [0.3, 0.4) is 0 Å². The number of aryl methyl sites for hydroxylation is 2. The average Bonchev–Trinajstić information content (AvgIpc) is 2.68. The van der Waals surface area contributed by atoms with E-state index < -0.39 is 5.82 Å². The van der Waals surface area contributed by atoms with Gasteiger partial charge in [0.05, 0.1) is 17.4 Å². The molecule has 2 heterocycles. The fourth-order valence-electron chi connectivity index (χ4n) is 1.26. The molecule has 0 fully saturated rings. The maximum atomic E-state index is 13.0. The molecule has 0 aliphatic carbocycles. The third-order valence-electron chi connectivity index (χ3n) is 2.14. The number of anilines is 1. The van der Waals surface area contributed by atoms with E-state index >= 15 is 0 Å². The standard InChI is InChI=1S/C11H10FN3OS/c1-6-3-9(14-4-8(6)12)11(16)15-10-5-13-7(2)17-10/h3-5H,1-2H3,(H,15,16). The maximum Gasteiger partial charge on any atom is 0.274 e. The molecule has 1 amide bonds. The molecule has 0 radical (unpaired) electrons. The number of carbonyl (C=O) groups excluding carboxylic acids is 1. The number of hydrogen-bond acceptors (Lipinski definition) is 4. The first-order chi connectivity index (χ1) is 8.06. The Bertz CT molecular complexity index is 568. The van der Waals surface area contributed by atoms with Gasteiger partial charge in [-0.25, -0.2) is 14.4 Å². The summed E-state index contributed by atoms with van der Waals surface area (Å²) in [5, 5.41) is 4.17. The van der Waals surface area contributed by atoms with Gasteiger partial charge in [-0.15, -0.1) is 11.3 Å². The fraction of sp³-hybridized carbons (Fsp3) is 0.182. The lowest BCUT2D eigenvalue weighted by atomic mass is 10.2. The van der Waals surface area contributed by atoms with E-state index in [4.69, 9.17) is 0 Å². The van der Waals surface area contributed by atoms with Crippen LogP contribution in [0.2, 0.25) is 0 Å². The van der Waals surface area contributed by atoms with Gasteiger partial charge < -0.3 is 5.32 Å². The van der Waals surface area contributed by atoms with Gasteiger partial charge in [-0.1, -0.05) is 0 Å². The molecule has 0 saturated heterocycles. The van der Waals surface area contributed by atoms with Crippen LogP contribution in [0.4, 0.5) is 9.39 Å². The normalized spacial score (nSPS) is 10.3. The predicted octanol–water partition coefficient (Wildman–Crippen LogP) is 2.55. The SMILES string of the molecule is Cc1ncc(NC(=O)c2cc(C)c(F)cn2)s1. The molecule has 0 aliphatic heterocycles. The zero-order chi connectivity index (χ0) is 12.4. The molecule has 0 spiro atoms. The summed E-state index contributed by atoms with van der Waals surface area (Å²) in [5.41, 5.74) is 0.584. The summed E-state index contributed by atoms with van der Waals surface area (Å²) < 4.78 is 13.0. The quantitative estimate of drug-likeness (QED) is 0.892. The number of nitrogens with zero attached hydrogens (tertiary/aromatic N) is 2. The van der Waals surface area contributed by atoms with Gasteiger partial charge in [0, 0.05) is 0 Å². The molecule has 0 aromatic carbocycles. The third-order valence-corrected chi connectivity index (χ3v) is 2.97. The fourth-order valence-corrected chi connectivity index (χ4v) is 1.93. The van der Waals surface area contributed by atoms with Crippen LogP contribution in [-0.2, 0) is 0 Å². The Hall–Kier alpha value is -1.82. The molecule has 4 nitrogen and oxygen atoms in total. The van der Waals surface area contributed by atoms with E-state index in [-0.39, 0.29) is 11.6 Å². The smallest absolute Gasteiger partial charge is 0.274 e. The minimum atomic E-state index is -0.421. The lowest BCUT2D eigenvalue weighted by molar-refractivity contribution is 0.102. The largest absolute Gasteiger partial charge is 0.311 e. The molecule has 2 aromatic rings. The summed E-state index contributed by atoms with van der Waals surface area (Å²) in [6.45, 7) is 3.44. The van der Waals surface area contributed by atoms with E-state index in [9.17, 15) is 9.18 Å². The van der Waals surface area contributed by atoms with Crippen LogP contribution in [0.5, 0.6) is 0 Å². The molecule has 2 aromatic heterocycles. The number of aromatic nitrogens is 2. The highest BCUT2D eigenvalue weighted by Gasteiger charge is 2.10. The van der Waals surface area contributed by atoms with Crippen LogP contribution in [0, 0.1) is 19.7 Å². The van der Waals surface area contributed by atoms with Gasteiger partial charge in [-0.05, 0) is 25.5 Å². The highest BCUT2D eigenvalue weighted by Crippen LogP contribution is 2.18. The molecule has 0 atom stereocenters. The summed E-state index contributed by atoms with van der Waals surface area (Å²) in [6, 6.07) is 1.42. The summed E-state index contributed by atoms with van der Waals surface area (Å²) in [4.78, 5) is 19.5. The van der Waals surface area contributed by atoms with Crippen molar-refractivity contribution in [3.05, 3.63) is 40.5 Å². The van der Waals surface area contributed by atoms with Gasteiger partial charge in [0.25, 0.3) is 5.91 Å². The van der Waals surface area contributed by atoms with Gasteiger partial charge in [0.15, 0.2) is 0 Å². The van der Waals surface area contributed by atoms with Crippen molar-refractivity contribution in [2.75, 3.05) is 5.32 Å². The van der Waals surface area contributed by atoms with E-state index in [0.29, 0.717) is 10.6 Å². The Morgan fingerprint density at radius 1 is 1.35 bits per heavy atom. The first kappa shape index (κ1) is 11.7. The molecule has 2 rings (SSSR count). The van der Waals surface area contributed by atoms with Crippen molar-refractivity contribution in [1.82, 2.24) is 9.97 Å². The zero-order valence-electron chi connectivity index (χ0n) is 9.32. The number of thiazole rings is 1. The molecule has 88 valence electrons. The number of hydrogen-bond donors (Lipinski definition) is 1. The Morgan fingerprint density at radius 3 is 2.71 bits per heavy atom. The summed E-state index contributed by atoms with van der Waals surface area (Å²) in [5.74, 6) is -0.785. The van der Waals surface area contributed by atoms with E-state index in [0.717, 1.165) is 11.2 Å². The number of amides is 1. The Morgan fingerprint density at radius 2 is 2.12 bits per heavy atom. The van der Waals surface area contributed by atoms with Crippen LogP contribution in [-0.4, -0.2) is 15.9 Å². The minimum absolute atomic E-state index is 0.190. The summed E-state index contributed by atoms with van der Waals surface area (Å²) in [7, 11) is 0. The van der Waals surface area contributed by atoms with Crippen LogP contribution in [0.1, 0.15) is 21.1 Å². The second kappa shape index (κ2) is 4.58. The van der Waals surface area contributed by atoms with Crippen LogP contribution < -0.4 is 5.32 Å². The molecule has 17 heavy (non-hydrogen) atoms. The van der Waals surface area contributed by atoms with E-state index in [1.54, 1.807) is 13.1 Å². The summed E-state index contributed by atoms with van der Waals surface area (Å²) in [6.07, 6.45) is 2.62. The van der Waals surface area contributed by atoms with Crippen molar-refractivity contribution in [3.8, 4) is 0 Å². The minimum Gasteiger partial charge on any atom is -0.311 e. The Balaban J connectivity index is 2.17. The van der Waals surface area contributed by atoms with Crippen molar-refractivity contribution >= 4 is 22.2 Å². The van der Waals surface area contributed by atoms with E-state index in [1.807, 2.05) is 6.92 Å². The second-order valence-electron chi connectivity index (χ2n) is 3.52. The lowest BCUT2D eigenvalue weighted by Crippen LogP contribution is -2.13. The monoisotopic (exact) mass is 251 g/mol. The highest BCUT2D eigenvalue weighted by atomic mass is 32.1. The first-order valence-corrected chi connectivity index (χ1v) is 5.74. The maximum absolute atomic E-state index is 13.0. The van der Waals surface area contributed by atoms with Gasteiger partial charge in [0.2, 0.25) is 0 Å². The number of halogens is 1. The van der Waals surface area contributed by atoms with Gasteiger partial charge in [-0.3, -0.25) is 4.79 Å². The van der Waals surface area contributed by atoms with Crippen molar-refractivity contribution in [2.24, 2.45) is 0 Å². The van der Waals surface area contributed by atoms with Crippen molar-refractivity contribution < 1.29 is 9.18 Å². The van der Waals surface area contributed by atoms with Crippen LogP contribution in [0.15, 0.2) is 18.5 Å². The van der Waals surface area contributed by atoms with E-state index in [2.05, 4.69) is 15.3 Å². The van der Waals surface area contributed by atoms with Crippen molar-refractivity contribution in [1.29, 1.82) is 0 Å². The average molecular weight is 251 g/mol. The molecule has 6 heteroatoms. The van der Waals surface area contributed by atoms with E-state index in [1.165, 1.54) is 17.4 Å². The van der Waals surface area contributed by atoms with Crippen molar-refractivity contribution in [3.63, 3.8) is 0 Å². The molecule has 1 N–H and O–H groups in total. The molecular formula is C11H10FN3OS. The number of pyridine rings is 1. The number of carbonyl (C=O) groups is 1. The summed E-state index contributed by atoms with van der Waals surface area (Å²) >= 11 is 1.37. The molecule has 0 saturated carbocycles. The molecule has 0 unspecified atom stereocenters. The van der Waals surface area contributed by atoms with Crippen LogP contribution >= 0.6 is 11.3 Å². The number of rotatable bonds is 2. The molecule has 0 bridgehead atoms. The van der Waals surface area contributed by atoms with Gasteiger partial charge >= 0.3 is 0 Å². The topological polar surface area (TPSA) is 54.9 Å². The molecule has 0 aliphatic rings.